The Bertz CT molecular complexity index is 1160. The number of carbonyl (C=O) groups excluding carboxylic acids is 1. The van der Waals surface area contributed by atoms with Crippen molar-refractivity contribution < 1.29 is 14.6 Å². The van der Waals surface area contributed by atoms with E-state index in [0.717, 1.165) is 30.6 Å². The first-order chi connectivity index (χ1) is 15.5. The molecule has 4 rings (SSSR count). The standard InChI is InChI=1S/C24H25N5O3/c1-16-11-18(12-25)3-5-20(16)21-14-27-29(24(21)31)22-6-4-19(13-26-22)23(30)28-9-7-17(8-10-28)15-32-2/h3-6,11,13-14,17,31H,7-10,15H2,1-2H3. The number of pyridine rings is 1. The highest BCUT2D eigenvalue weighted by Gasteiger charge is 2.24. The molecule has 1 N–H and O–H groups in total. The first kappa shape index (κ1) is 21.5. The van der Waals surface area contributed by atoms with Gasteiger partial charge in [-0.2, -0.15) is 15.0 Å². The van der Waals surface area contributed by atoms with Gasteiger partial charge in [-0.3, -0.25) is 4.79 Å². The zero-order valence-electron chi connectivity index (χ0n) is 18.2. The summed E-state index contributed by atoms with van der Waals surface area (Å²) < 4.78 is 6.55. The van der Waals surface area contributed by atoms with Gasteiger partial charge in [0.2, 0.25) is 5.88 Å². The lowest BCUT2D eigenvalue weighted by Gasteiger charge is -2.31. The Morgan fingerprint density at radius 2 is 2.00 bits per heavy atom. The molecule has 0 spiro atoms. The largest absolute Gasteiger partial charge is 0.493 e. The van der Waals surface area contributed by atoms with Crippen molar-refractivity contribution in [2.24, 2.45) is 5.92 Å². The quantitative estimate of drug-likeness (QED) is 0.665. The number of aryl methyl sites for hydroxylation is 1. The number of aromatic hydroxyl groups is 1. The van der Waals surface area contributed by atoms with Crippen molar-refractivity contribution in [1.29, 1.82) is 5.26 Å². The second-order valence-electron chi connectivity index (χ2n) is 8.03. The van der Waals surface area contributed by atoms with Crippen LogP contribution >= 0.6 is 0 Å². The Hall–Kier alpha value is -3.70. The number of hydrogen-bond donors (Lipinski definition) is 1. The number of amides is 1. The molecule has 1 aliphatic rings. The van der Waals surface area contributed by atoms with Crippen LogP contribution < -0.4 is 0 Å². The molecule has 1 aliphatic heterocycles. The summed E-state index contributed by atoms with van der Waals surface area (Å²) in [5.41, 5.74) is 3.27. The number of carbonyl (C=O) groups is 1. The van der Waals surface area contributed by atoms with Crippen LogP contribution in [0.15, 0.2) is 42.7 Å². The third-order valence-electron chi connectivity index (χ3n) is 5.91. The number of nitrogens with zero attached hydrogens (tertiary/aromatic N) is 5. The summed E-state index contributed by atoms with van der Waals surface area (Å²) in [5.74, 6) is 0.819. The molecular weight excluding hydrogens is 406 g/mol. The van der Waals surface area contributed by atoms with Crippen molar-refractivity contribution in [2.45, 2.75) is 19.8 Å². The minimum atomic E-state index is -0.0513. The van der Waals surface area contributed by atoms with Crippen LogP contribution in [-0.2, 0) is 4.74 Å². The van der Waals surface area contributed by atoms with Gasteiger partial charge in [-0.15, -0.1) is 0 Å². The van der Waals surface area contributed by atoms with Crippen molar-refractivity contribution in [3.8, 4) is 28.9 Å². The van der Waals surface area contributed by atoms with E-state index in [4.69, 9.17) is 10.00 Å². The van der Waals surface area contributed by atoms with E-state index in [0.29, 0.717) is 41.5 Å². The Morgan fingerprint density at radius 3 is 2.62 bits per heavy atom. The van der Waals surface area contributed by atoms with Crippen LogP contribution in [0, 0.1) is 24.2 Å². The van der Waals surface area contributed by atoms with Gasteiger partial charge in [-0.05, 0) is 61.1 Å². The third kappa shape index (κ3) is 4.20. The summed E-state index contributed by atoms with van der Waals surface area (Å²) in [7, 11) is 1.71. The summed E-state index contributed by atoms with van der Waals surface area (Å²) in [4.78, 5) is 19.0. The van der Waals surface area contributed by atoms with E-state index in [-0.39, 0.29) is 11.8 Å². The van der Waals surface area contributed by atoms with Gasteiger partial charge in [0, 0.05) is 33.0 Å². The van der Waals surface area contributed by atoms with Crippen LogP contribution in [0.2, 0.25) is 0 Å². The van der Waals surface area contributed by atoms with Crippen LogP contribution in [0.5, 0.6) is 5.88 Å². The highest BCUT2D eigenvalue weighted by Crippen LogP contribution is 2.33. The molecule has 0 aliphatic carbocycles. The van der Waals surface area contributed by atoms with E-state index in [1.807, 2.05) is 11.8 Å². The molecule has 0 bridgehead atoms. The fourth-order valence-corrected chi connectivity index (χ4v) is 4.09. The third-order valence-corrected chi connectivity index (χ3v) is 5.91. The van der Waals surface area contributed by atoms with Crippen molar-refractivity contribution >= 4 is 5.91 Å². The predicted molar refractivity (Wildman–Crippen MR) is 118 cm³/mol. The molecule has 1 aromatic carbocycles. The Balaban J connectivity index is 1.51. The number of piperidine rings is 1. The molecule has 2 aromatic heterocycles. The van der Waals surface area contributed by atoms with Crippen molar-refractivity contribution in [1.82, 2.24) is 19.7 Å². The van der Waals surface area contributed by atoms with Gasteiger partial charge in [-0.1, -0.05) is 6.07 Å². The number of aromatic nitrogens is 3. The molecule has 164 valence electrons. The molecule has 32 heavy (non-hydrogen) atoms. The van der Waals surface area contributed by atoms with Crippen LogP contribution in [0.4, 0.5) is 0 Å². The zero-order valence-corrected chi connectivity index (χ0v) is 18.2. The van der Waals surface area contributed by atoms with Gasteiger partial charge >= 0.3 is 0 Å². The molecule has 1 amide bonds. The molecular formula is C24H25N5O3. The summed E-state index contributed by atoms with van der Waals surface area (Å²) in [6, 6.07) is 10.8. The van der Waals surface area contributed by atoms with Crippen molar-refractivity contribution in [3.63, 3.8) is 0 Å². The summed E-state index contributed by atoms with van der Waals surface area (Å²) in [5, 5.41) is 24.1. The fourth-order valence-electron chi connectivity index (χ4n) is 4.09. The number of benzene rings is 1. The molecule has 0 radical (unpaired) electrons. The van der Waals surface area contributed by atoms with Crippen molar-refractivity contribution in [2.75, 3.05) is 26.8 Å². The number of rotatable bonds is 5. The van der Waals surface area contributed by atoms with E-state index in [1.54, 1.807) is 43.6 Å². The Morgan fingerprint density at radius 1 is 1.22 bits per heavy atom. The van der Waals surface area contributed by atoms with Gasteiger partial charge in [0.25, 0.3) is 5.91 Å². The van der Waals surface area contributed by atoms with E-state index in [1.165, 1.54) is 10.9 Å². The predicted octanol–water partition coefficient (Wildman–Crippen LogP) is 3.32. The Labute approximate surface area is 186 Å². The Kier molecular flexibility index (Phi) is 6.19. The highest BCUT2D eigenvalue weighted by molar-refractivity contribution is 5.94. The van der Waals surface area contributed by atoms with Crippen molar-refractivity contribution in [3.05, 3.63) is 59.4 Å². The number of ether oxygens (including phenoxy) is 1. The molecule has 3 heterocycles. The lowest BCUT2D eigenvalue weighted by atomic mass is 9.97. The van der Waals surface area contributed by atoms with Gasteiger partial charge in [-0.25, -0.2) is 4.98 Å². The van der Waals surface area contributed by atoms with E-state index in [9.17, 15) is 9.90 Å². The minimum absolute atomic E-state index is 0.0431. The number of methoxy groups -OCH3 is 1. The molecule has 0 atom stereocenters. The van der Waals surface area contributed by atoms with Gasteiger partial charge in [0.15, 0.2) is 5.82 Å². The number of likely N-dealkylation sites (tertiary alicyclic amines) is 1. The summed E-state index contributed by atoms with van der Waals surface area (Å²) in [6.07, 6.45) is 4.95. The maximum atomic E-state index is 12.8. The second-order valence-corrected chi connectivity index (χ2v) is 8.03. The lowest BCUT2D eigenvalue weighted by molar-refractivity contribution is 0.0613. The van der Waals surface area contributed by atoms with E-state index < -0.39 is 0 Å². The van der Waals surface area contributed by atoms with Crippen LogP contribution in [-0.4, -0.2) is 57.5 Å². The average molecular weight is 431 g/mol. The summed E-state index contributed by atoms with van der Waals surface area (Å²) >= 11 is 0. The lowest BCUT2D eigenvalue weighted by Crippen LogP contribution is -2.39. The highest BCUT2D eigenvalue weighted by atomic mass is 16.5. The fraction of sp³-hybridized carbons (Fsp3) is 0.333. The molecule has 3 aromatic rings. The maximum absolute atomic E-state index is 12.8. The molecule has 1 fully saturated rings. The van der Waals surface area contributed by atoms with Gasteiger partial charge in [0.1, 0.15) is 0 Å². The molecule has 0 saturated carbocycles. The van der Waals surface area contributed by atoms with Gasteiger partial charge in [0.05, 0.1) is 29.0 Å². The zero-order chi connectivity index (χ0) is 22.7. The maximum Gasteiger partial charge on any atom is 0.255 e. The number of hydrogen-bond acceptors (Lipinski definition) is 6. The van der Waals surface area contributed by atoms with E-state index >= 15 is 0 Å². The van der Waals surface area contributed by atoms with Gasteiger partial charge < -0.3 is 14.7 Å². The normalized spacial score (nSPS) is 14.3. The molecule has 8 heteroatoms. The van der Waals surface area contributed by atoms with Crippen LogP contribution in [0.1, 0.15) is 34.3 Å². The minimum Gasteiger partial charge on any atom is -0.493 e. The van der Waals surface area contributed by atoms with Crippen LogP contribution in [0.25, 0.3) is 16.9 Å². The second kappa shape index (κ2) is 9.20. The smallest absolute Gasteiger partial charge is 0.255 e. The topological polar surface area (TPSA) is 104 Å². The summed E-state index contributed by atoms with van der Waals surface area (Å²) in [6.45, 7) is 4.03. The molecule has 8 nitrogen and oxygen atoms in total. The average Bonchev–Trinajstić information content (AvgIpc) is 3.20. The molecule has 0 unspecified atom stereocenters. The van der Waals surface area contributed by atoms with Crippen LogP contribution in [0.3, 0.4) is 0 Å². The first-order valence-corrected chi connectivity index (χ1v) is 10.5. The molecule has 1 saturated heterocycles. The number of nitriles is 1. The van der Waals surface area contributed by atoms with E-state index in [2.05, 4.69) is 16.2 Å². The SMILES string of the molecule is COCC1CCN(C(=O)c2ccc(-n3ncc(-c4ccc(C#N)cc4C)c3O)nc2)CC1. The monoisotopic (exact) mass is 431 g/mol. The first-order valence-electron chi connectivity index (χ1n) is 10.5.